The summed E-state index contributed by atoms with van der Waals surface area (Å²) >= 11 is 0. The number of hydrogen-bond acceptors (Lipinski definition) is 1. The van der Waals surface area contributed by atoms with Crippen LogP contribution in [0.3, 0.4) is 0 Å². The predicted molar refractivity (Wildman–Crippen MR) is 263 cm³/mol. The summed E-state index contributed by atoms with van der Waals surface area (Å²) in [5, 5.41) is 2.59. The summed E-state index contributed by atoms with van der Waals surface area (Å²) in [5.74, 6) is 0. The summed E-state index contributed by atoms with van der Waals surface area (Å²) in [6.45, 7) is 4.72. The summed E-state index contributed by atoms with van der Waals surface area (Å²) in [5.41, 5.74) is 23.9. The Bertz CT molecular complexity index is 3470. The lowest BCUT2D eigenvalue weighted by Crippen LogP contribution is -2.25. The standard InChI is InChI=1S/C62H43N/c1-61(2)53-23-11-8-19-49(53)50-37-36-46(39-58(50)61)63(44-32-27-41(28-33-44)40-15-4-3-5-16-40)45-34-29-43(30-35-45)48-22-14-26-56-59(48)51-20-9-12-24-54(51)62(56)55-25-13-10-21-52(55)60-47-18-7-6-17-42(47)31-38-57(60)62/h3-39H,1-2H3. The van der Waals surface area contributed by atoms with Crippen molar-refractivity contribution in [3.63, 3.8) is 0 Å². The monoisotopic (exact) mass is 801 g/mol. The average molecular weight is 802 g/mol. The van der Waals surface area contributed by atoms with E-state index in [9.17, 15) is 0 Å². The molecular formula is C62H43N. The maximum Gasteiger partial charge on any atom is 0.0725 e. The van der Waals surface area contributed by atoms with E-state index in [4.69, 9.17) is 0 Å². The van der Waals surface area contributed by atoms with Gasteiger partial charge in [-0.3, -0.25) is 0 Å². The first kappa shape index (κ1) is 36.0. The summed E-state index contributed by atoms with van der Waals surface area (Å²) in [6, 6.07) is 83.8. The van der Waals surface area contributed by atoms with Crippen LogP contribution in [0.5, 0.6) is 0 Å². The minimum absolute atomic E-state index is 0.108. The molecule has 0 amide bonds. The van der Waals surface area contributed by atoms with Crippen LogP contribution in [-0.4, -0.2) is 0 Å². The molecule has 0 radical (unpaired) electrons. The third kappa shape index (κ3) is 4.99. The maximum atomic E-state index is 2.43. The van der Waals surface area contributed by atoms with Crippen LogP contribution in [0.25, 0.3) is 66.4 Å². The molecule has 1 nitrogen and oxygen atoms in total. The minimum atomic E-state index is -0.415. The Kier molecular flexibility index (Phi) is 7.64. The summed E-state index contributed by atoms with van der Waals surface area (Å²) in [6.07, 6.45) is 0. The molecule has 0 bridgehead atoms. The van der Waals surface area contributed by atoms with Gasteiger partial charge in [0.1, 0.15) is 0 Å². The van der Waals surface area contributed by atoms with Crippen LogP contribution in [0.15, 0.2) is 224 Å². The van der Waals surface area contributed by atoms with E-state index in [1.54, 1.807) is 0 Å². The van der Waals surface area contributed by atoms with Crippen molar-refractivity contribution in [3.05, 3.63) is 258 Å². The SMILES string of the molecule is CC1(C)c2ccccc2-c2ccc(N(c3ccc(-c4ccccc4)cc3)c3ccc(-c4cccc5c4-c4ccccc4C54c5ccccc5-c5c4ccc4ccccc54)cc3)cc21. The van der Waals surface area contributed by atoms with Crippen molar-refractivity contribution < 1.29 is 0 Å². The van der Waals surface area contributed by atoms with Crippen molar-refractivity contribution in [2.45, 2.75) is 24.7 Å². The zero-order valence-electron chi connectivity index (χ0n) is 35.3. The van der Waals surface area contributed by atoms with Crippen LogP contribution in [0.2, 0.25) is 0 Å². The lowest BCUT2D eigenvalue weighted by molar-refractivity contribution is 0.660. The molecule has 0 N–H and O–H groups in total. The van der Waals surface area contributed by atoms with Crippen LogP contribution in [-0.2, 0) is 10.8 Å². The molecule has 1 atom stereocenters. The zero-order chi connectivity index (χ0) is 41.9. The predicted octanol–water partition coefficient (Wildman–Crippen LogP) is 16.3. The van der Waals surface area contributed by atoms with E-state index in [0.29, 0.717) is 0 Å². The molecule has 3 aliphatic rings. The molecule has 10 aromatic rings. The molecule has 296 valence electrons. The zero-order valence-corrected chi connectivity index (χ0v) is 35.3. The molecule has 0 heterocycles. The lowest BCUT2D eigenvalue weighted by Gasteiger charge is -2.30. The lowest BCUT2D eigenvalue weighted by atomic mass is 9.70. The highest BCUT2D eigenvalue weighted by molar-refractivity contribution is 6.07. The van der Waals surface area contributed by atoms with Gasteiger partial charge >= 0.3 is 0 Å². The van der Waals surface area contributed by atoms with Gasteiger partial charge < -0.3 is 4.90 Å². The summed E-state index contributed by atoms with van der Waals surface area (Å²) in [4.78, 5) is 2.42. The molecule has 63 heavy (non-hydrogen) atoms. The van der Waals surface area contributed by atoms with Crippen molar-refractivity contribution in [2.75, 3.05) is 4.90 Å². The number of rotatable bonds is 5. The van der Waals surface area contributed by atoms with Gasteiger partial charge in [-0.2, -0.15) is 0 Å². The average Bonchev–Trinajstić information content (AvgIpc) is 3.91. The van der Waals surface area contributed by atoms with Gasteiger partial charge in [-0.1, -0.05) is 202 Å². The van der Waals surface area contributed by atoms with E-state index in [0.717, 1.165) is 17.1 Å². The second-order valence-electron chi connectivity index (χ2n) is 18.0. The Morgan fingerprint density at radius 3 is 1.54 bits per heavy atom. The molecule has 0 aromatic heterocycles. The topological polar surface area (TPSA) is 3.24 Å². The van der Waals surface area contributed by atoms with Gasteiger partial charge in [0.05, 0.1) is 5.41 Å². The Morgan fingerprint density at radius 2 is 0.810 bits per heavy atom. The van der Waals surface area contributed by atoms with Crippen molar-refractivity contribution in [1.82, 2.24) is 0 Å². The smallest absolute Gasteiger partial charge is 0.0725 e. The van der Waals surface area contributed by atoms with Gasteiger partial charge in [-0.15, -0.1) is 0 Å². The number of hydrogen-bond donors (Lipinski definition) is 0. The molecule has 1 unspecified atom stereocenters. The molecule has 0 aliphatic heterocycles. The van der Waals surface area contributed by atoms with Crippen molar-refractivity contribution in [3.8, 4) is 55.6 Å². The van der Waals surface area contributed by atoms with E-state index >= 15 is 0 Å². The highest BCUT2D eigenvalue weighted by Crippen LogP contribution is 2.65. The Hall–Kier alpha value is -7.74. The van der Waals surface area contributed by atoms with E-state index in [1.165, 1.54) is 99.8 Å². The Balaban J connectivity index is 0.966. The fourth-order valence-electron chi connectivity index (χ4n) is 11.7. The van der Waals surface area contributed by atoms with Crippen molar-refractivity contribution in [1.29, 1.82) is 0 Å². The van der Waals surface area contributed by atoms with E-state index in [1.807, 2.05) is 0 Å². The van der Waals surface area contributed by atoms with Gasteiger partial charge in [0.2, 0.25) is 0 Å². The van der Waals surface area contributed by atoms with Crippen LogP contribution in [0.4, 0.5) is 17.1 Å². The second-order valence-corrected chi connectivity index (χ2v) is 18.0. The maximum absolute atomic E-state index is 2.43. The Morgan fingerprint density at radius 1 is 0.302 bits per heavy atom. The van der Waals surface area contributed by atoms with Gasteiger partial charge in [-0.05, 0) is 136 Å². The number of benzene rings is 10. The van der Waals surface area contributed by atoms with Gasteiger partial charge in [0.15, 0.2) is 0 Å². The van der Waals surface area contributed by atoms with Gasteiger partial charge in [-0.25, -0.2) is 0 Å². The highest BCUT2D eigenvalue weighted by Gasteiger charge is 2.52. The number of nitrogens with zero attached hydrogens (tertiary/aromatic N) is 1. The van der Waals surface area contributed by atoms with Gasteiger partial charge in [0, 0.05) is 22.5 Å². The van der Waals surface area contributed by atoms with Gasteiger partial charge in [0.25, 0.3) is 0 Å². The molecule has 0 fully saturated rings. The first-order valence-electron chi connectivity index (χ1n) is 22.2. The van der Waals surface area contributed by atoms with Crippen LogP contribution in [0, 0.1) is 0 Å². The fourth-order valence-corrected chi connectivity index (χ4v) is 11.7. The molecule has 0 saturated carbocycles. The van der Waals surface area contributed by atoms with Crippen molar-refractivity contribution >= 4 is 27.8 Å². The van der Waals surface area contributed by atoms with E-state index in [2.05, 4.69) is 243 Å². The first-order valence-corrected chi connectivity index (χ1v) is 22.2. The van der Waals surface area contributed by atoms with Crippen LogP contribution in [0.1, 0.15) is 47.2 Å². The van der Waals surface area contributed by atoms with E-state index < -0.39 is 5.41 Å². The number of anilines is 3. The third-order valence-corrected chi connectivity index (χ3v) is 14.5. The summed E-state index contributed by atoms with van der Waals surface area (Å²) < 4.78 is 0. The molecule has 10 aromatic carbocycles. The normalized spacial score (nSPS) is 15.7. The first-order chi connectivity index (χ1) is 31.0. The molecule has 3 aliphatic carbocycles. The minimum Gasteiger partial charge on any atom is -0.310 e. The quantitative estimate of drug-likeness (QED) is 0.168. The highest BCUT2D eigenvalue weighted by atomic mass is 15.1. The van der Waals surface area contributed by atoms with Crippen molar-refractivity contribution in [2.24, 2.45) is 0 Å². The van der Waals surface area contributed by atoms with Crippen LogP contribution < -0.4 is 4.90 Å². The molecule has 1 heteroatoms. The third-order valence-electron chi connectivity index (χ3n) is 14.5. The molecular weight excluding hydrogens is 759 g/mol. The van der Waals surface area contributed by atoms with E-state index in [-0.39, 0.29) is 5.41 Å². The fraction of sp³-hybridized carbons (Fsp3) is 0.0645. The second kappa shape index (κ2) is 13.4. The molecule has 0 saturated heterocycles. The largest absolute Gasteiger partial charge is 0.310 e. The molecule has 13 rings (SSSR count). The van der Waals surface area contributed by atoms with Crippen LogP contribution >= 0.6 is 0 Å². The molecule has 1 spiro atoms. The Labute approximate surface area is 369 Å². The number of fused-ring (bicyclic) bond motifs is 15. The summed E-state index contributed by atoms with van der Waals surface area (Å²) in [7, 11) is 0.